The minimum absolute atomic E-state index is 0. The van der Waals surface area contributed by atoms with E-state index in [0.717, 1.165) is 44.8 Å². The average molecular weight is 381 g/mol. The summed E-state index contributed by atoms with van der Waals surface area (Å²) in [4.78, 5) is 33.9. The summed E-state index contributed by atoms with van der Waals surface area (Å²) in [7, 11) is 0. The lowest BCUT2D eigenvalue weighted by atomic mass is 10.0. The molecular weight excluding hydrogens is 368 g/mol. The molecule has 2 aromatic heterocycles. The van der Waals surface area contributed by atoms with Crippen molar-refractivity contribution in [2.75, 3.05) is 5.32 Å². The summed E-state index contributed by atoms with van der Waals surface area (Å²) in [6.07, 6.45) is 1.79. The first-order valence-electron chi connectivity index (χ1n) is 8.37. The molecule has 3 aliphatic heterocycles. The fraction of sp³-hybridized carbons (Fsp3) is 0.158. The molecule has 0 atom stereocenters. The van der Waals surface area contributed by atoms with Gasteiger partial charge in [-0.05, 0) is 23.8 Å². The number of nitrogens with zero attached hydrogens (tertiary/aromatic N) is 3. The van der Waals surface area contributed by atoms with Gasteiger partial charge < -0.3 is 14.6 Å². The first-order chi connectivity index (χ1) is 12.7. The van der Waals surface area contributed by atoms with Gasteiger partial charge in [-0.15, -0.1) is 12.4 Å². The lowest BCUT2D eigenvalue weighted by Crippen LogP contribution is -2.29. The standard InChI is InChI=1S/C19H12N4O3.ClH/c24-15-5-9-4-14-17-10(6-23(14)19(25)11(9)7-26-15)18-16-12(20-8-21-18)2-1-3-13(16)22-17;/h1-4,8H,5-7H2,(H,20,21);1H. The molecule has 3 aromatic rings. The normalized spacial score (nSPS) is 15.3. The van der Waals surface area contributed by atoms with Crippen LogP contribution in [0.4, 0.5) is 11.4 Å². The minimum Gasteiger partial charge on any atom is -0.460 e. The molecule has 0 amide bonds. The van der Waals surface area contributed by atoms with Crippen molar-refractivity contribution >= 4 is 47.0 Å². The molecule has 0 bridgehead atoms. The molecule has 0 saturated carbocycles. The zero-order valence-electron chi connectivity index (χ0n) is 14.0. The van der Waals surface area contributed by atoms with Crippen LogP contribution in [0.15, 0.2) is 34.1 Å². The number of aliphatic imine (C=N–C) groups is 1. The number of esters is 1. The maximum atomic E-state index is 12.9. The minimum atomic E-state index is -0.304. The SMILES string of the molecule is Cl.O=C1Cc2cc3n(c(=O)c2CO1)Cc1c-3nc2cccc3c2c1N=CN3. The third-order valence-corrected chi connectivity index (χ3v) is 5.26. The maximum Gasteiger partial charge on any atom is 0.310 e. The predicted octanol–water partition coefficient (Wildman–Crippen LogP) is 2.53. The fourth-order valence-corrected chi connectivity index (χ4v) is 4.05. The van der Waals surface area contributed by atoms with Crippen LogP contribution in [0, 0.1) is 0 Å². The summed E-state index contributed by atoms with van der Waals surface area (Å²) < 4.78 is 6.77. The van der Waals surface area contributed by atoms with Gasteiger partial charge >= 0.3 is 5.97 Å². The van der Waals surface area contributed by atoms with Crippen molar-refractivity contribution in [3.05, 3.63) is 51.3 Å². The fourth-order valence-electron chi connectivity index (χ4n) is 4.05. The largest absolute Gasteiger partial charge is 0.460 e. The van der Waals surface area contributed by atoms with E-state index in [1.165, 1.54) is 0 Å². The van der Waals surface area contributed by atoms with E-state index in [0.29, 0.717) is 12.1 Å². The number of carbonyl (C=O) groups excluding carboxylic acids is 1. The molecule has 0 radical (unpaired) electrons. The van der Waals surface area contributed by atoms with Gasteiger partial charge in [0.1, 0.15) is 6.61 Å². The Morgan fingerprint density at radius 1 is 1.19 bits per heavy atom. The number of benzene rings is 1. The van der Waals surface area contributed by atoms with Crippen LogP contribution in [0.2, 0.25) is 0 Å². The van der Waals surface area contributed by atoms with E-state index < -0.39 is 0 Å². The highest BCUT2D eigenvalue weighted by molar-refractivity contribution is 6.09. The molecule has 6 rings (SSSR count). The number of hydrogen-bond donors (Lipinski definition) is 1. The molecule has 5 heterocycles. The highest BCUT2D eigenvalue weighted by Crippen LogP contribution is 2.43. The van der Waals surface area contributed by atoms with Crippen LogP contribution in [0.3, 0.4) is 0 Å². The summed E-state index contributed by atoms with van der Waals surface area (Å²) in [5, 5.41) is 4.12. The van der Waals surface area contributed by atoms with E-state index >= 15 is 0 Å². The third-order valence-electron chi connectivity index (χ3n) is 5.26. The van der Waals surface area contributed by atoms with Crippen molar-refractivity contribution in [2.24, 2.45) is 4.99 Å². The van der Waals surface area contributed by atoms with Crippen LogP contribution in [-0.4, -0.2) is 21.9 Å². The second kappa shape index (κ2) is 5.40. The Bertz CT molecular complexity index is 1260. The van der Waals surface area contributed by atoms with Gasteiger partial charge in [-0.1, -0.05) is 6.07 Å². The number of nitrogens with one attached hydrogen (secondary N) is 1. The Hall–Kier alpha value is -3.19. The summed E-state index contributed by atoms with van der Waals surface area (Å²) in [5.74, 6) is -0.304. The number of halogens is 1. The van der Waals surface area contributed by atoms with E-state index in [2.05, 4.69) is 10.3 Å². The number of ether oxygens (including phenoxy) is 1. The zero-order chi connectivity index (χ0) is 17.4. The quantitative estimate of drug-likeness (QED) is 0.474. The molecule has 0 fully saturated rings. The molecule has 8 heteroatoms. The average Bonchev–Trinajstić information content (AvgIpc) is 3.01. The van der Waals surface area contributed by atoms with E-state index in [1.54, 1.807) is 10.9 Å². The van der Waals surface area contributed by atoms with Gasteiger partial charge in [0.05, 0.1) is 53.1 Å². The van der Waals surface area contributed by atoms with Gasteiger partial charge in [-0.25, -0.2) is 9.98 Å². The molecule has 0 spiro atoms. The topological polar surface area (TPSA) is 85.6 Å². The monoisotopic (exact) mass is 380 g/mol. The van der Waals surface area contributed by atoms with Crippen molar-refractivity contribution in [3.8, 4) is 11.4 Å². The zero-order valence-corrected chi connectivity index (χ0v) is 14.8. The van der Waals surface area contributed by atoms with Crippen LogP contribution in [0.1, 0.15) is 16.7 Å². The Morgan fingerprint density at radius 2 is 2.07 bits per heavy atom. The number of aromatic nitrogens is 2. The molecule has 0 aliphatic carbocycles. The van der Waals surface area contributed by atoms with Crippen molar-refractivity contribution in [1.82, 2.24) is 9.55 Å². The lowest BCUT2D eigenvalue weighted by molar-refractivity contribution is -0.145. The van der Waals surface area contributed by atoms with Crippen LogP contribution < -0.4 is 10.9 Å². The molecule has 1 N–H and O–H groups in total. The van der Waals surface area contributed by atoms with Crippen molar-refractivity contribution in [3.63, 3.8) is 0 Å². The van der Waals surface area contributed by atoms with E-state index in [4.69, 9.17) is 9.72 Å². The van der Waals surface area contributed by atoms with Crippen LogP contribution >= 0.6 is 12.4 Å². The first kappa shape index (κ1) is 16.0. The summed E-state index contributed by atoms with van der Waals surface area (Å²) >= 11 is 0. The lowest BCUT2D eigenvalue weighted by Gasteiger charge is -2.17. The molecule has 27 heavy (non-hydrogen) atoms. The van der Waals surface area contributed by atoms with Crippen molar-refractivity contribution in [2.45, 2.75) is 19.6 Å². The molecule has 3 aliphatic rings. The number of carbonyl (C=O) groups is 1. The number of cyclic esters (lactones) is 1. The van der Waals surface area contributed by atoms with Gasteiger partial charge in [0.25, 0.3) is 5.56 Å². The summed E-state index contributed by atoms with van der Waals surface area (Å²) in [6.45, 7) is 0.465. The van der Waals surface area contributed by atoms with E-state index in [-0.39, 0.29) is 37.0 Å². The number of anilines is 1. The molecule has 7 nitrogen and oxygen atoms in total. The Morgan fingerprint density at radius 3 is 2.96 bits per heavy atom. The molecule has 134 valence electrons. The second-order valence-electron chi connectivity index (χ2n) is 6.65. The third kappa shape index (κ3) is 2.03. The van der Waals surface area contributed by atoms with Gasteiger partial charge in [0, 0.05) is 10.9 Å². The van der Waals surface area contributed by atoms with Gasteiger partial charge in [0.15, 0.2) is 0 Å². The first-order valence-corrected chi connectivity index (χ1v) is 8.37. The Labute approximate surface area is 159 Å². The maximum absolute atomic E-state index is 12.9. The molecular formula is C19H13ClN4O3. The van der Waals surface area contributed by atoms with E-state index in [9.17, 15) is 9.59 Å². The highest BCUT2D eigenvalue weighted by atomic mass is 35.5. The Balaban J connectivity index is 0.00000160. The number of fused-ring (bicyclic) bond motifs is 5. The number of hydrogen-bond acceptors (Lipinski definition) is 6. The van der Waals surface area contributed by atoms with Crippen molar-refractivity contribution in [1.29, 1.82) is 0 Å². The number of rotatable bonds is 0. The van der Waals surface area contributed by atoms with Crippen LogP contribution in [0.5, 0.6) is 0 Å². The summed E-state index contributed by atoms with van der Waals surface area (Å²) in [6, 6.07) is 7.78. The number of pyridine rings is 2. The second-order valence-corrected chi connectivity index (χ2v) is 6.65. The van der Waals surface area contributed by atoms with Crippen LogP contribution in [0.25, 0.3) is 22.3 Å². The summed E-state index contributed by atoms with van der Waals surface area (Å²) in [5.41, 5.74) is 6.28. The molecule has 1 aromatic carbocycles. The van der Waals surface area contributed by atoms with Crippen LogP contribution in [-0.2, 0) is 29.1 Å². The Kier molecular flexibility index (Phi) is 3.21. The smallest absolute Gasteiger partial charge is 0.310 e. The van der Waals surface area contributed by atoms with Gasteiger partial charge in [0.2, 0.25) is 0 Å². The van der Waals surface area contributed by atoms with E-state index in [1.807, 2.05) is 24.3 Å². The molecule has 0 saturated heterocycles. The van der Waals surface area contributed by atoms with Gasteiger partial charge in [-0.2, -0.15) is 0 Å². The molecule has 0 unspecified atom stereocenters. The van der Waals surface area contributed by atoms with Crippen molar-refractivity contribution < 1.29 is 9.53 Å². The van der Waals surface area contributed by atoms with Gasteiger partial charge in [-0.3, -0.25) is 9.59 Å². The highest BCUT2D eigenvalue weighted by Gasteiger charge is 2.31. The predicted molar refractivity (Wildman–Crippen MR) is 103 cm³/mol.